The summed E-state index contributed by atoms with van der Waals surface area (Å²) in [5, 5.41) is 7.54. The Morgan fingerprint density at radius 2 is 2.11 bits per heavy atom. The van der Waals surface area contributed by atoms with Crippen LogP contribution in [0.5, 0.6) is 0 Å². The van der Waals surface area contributed by atoms with E-state index in [1.807, 2.05) is 16.9 Å². The average molecular weight is 241 g/mol. The van der Waals surface area contributed by atoms with Crippen LogP contribution >= 0.6 is 0 Å². The maximum absolute atomic E-state index is 4.20. The van der Waals surface area contributed by atoms with Crippen molar-refractivity contribution >= 4 is 6.08 Å². The first-order chi connectivity index (χ1) is 8.90. The van der Waals surface area contributed by atoms with Gasteiger partial charge in [-0.05, 0) is 36.7 Å². The van der Waals surface area contributed by atoms with Gasteiger partial charge in [-0.2, -0.15) is 5.10 Å². The van der Waals surface area contributed by atoms with Crippen molar-refractivity contribution in [3.63, 3.8) is 0 Å². The smallest absolute Gasteiger partial charge is 0.0645 e. The zero-order chi connectivity index (χ0) is 12.6. The van der Waals surface area contributed by atoms with Gasteiger partial charge in [0, 0.05) is 18.9 Å². The highest BCUT2D eigenvalue weighted by Gasteiger charge is 1.94. The number of hydrogen-bond donors (Lipinski definition) is 1. The molecule has 0 radical (unpaired) electrons. The second kappa shape index (κ2) is 6.77. The largest absolute Gasteiger partial charge is 0.313 e. The SMILES string of the molecule is CCCNCC=Cc1ccc(-n2cccn2)cc1. The van der Waals surface area contributed by atoms with Crippen molar-refractivity contribution in [2.45, 2.75) is 13.3 Å². The molecule has 94 valence electrons. The molecule has 3 heteroatoms. The molecule has 2 aromatic rings. The van der Waals surface area contributed by atoms with Gasteiger partial charge in [-0.1, -0.05) is 31.2 Å². The van der Waals surface area contributed by atoms with Crippen LogP contribution in [0.25, 0.3) is 11.8 Å². The topological polar surface area (TPSA) is 29.9 Å². The Labute approximate surface area is 108 Å². The summed E-state index contributed by atoms with van der Waals surface area (Å²) in [5.41, 5.74) is 2.30. The number of benzene rings is 1. The van der Waals surface area contributed by atoms with Gasteiger partial charge in [0.15, 0.2) is 0 Å². The predicted molar refractivity (Wildman–Crippen MR) is 75.8 cm³/mol. The fourth-order valence-electron chi connectivity index (χ4n) is 1.72. The summed E-state index contributed by atoms with van der Waals surface area (Å²) >= 11 is 0. The van der Waals surface area contributed by atoms with E-state index in [0.29, 0.717) is 0 Å². The van der Waals surface area contributed by atoms with Gasteiger partial charge in [-0.15, -0.1) is 0 Å². The minimum Gasteiger partial charge on any atom is -0.313 e. The van der Waals surface area contributed by atoms with Gasteiger partial charge in [0.2, 0.25) is 0 Å². The van der Waals surface area contributed by atoms with E-state index >= 15 is 0 Å². The molecule has 0 atom stereocenters. The highest BCUT2D eigenvalue weighted by Crippen LogP contribution is 2.09. The van der Waals surface area contributed by atoms with Crippen molar-refractivity contribution in [3.8, 4) is 5.69 Å². The third kappa shape index (κ3) is 3.57. The second-order valence-electron chi connectivity index (χ2n) is 4.15. The molecule has 0 aliphatic carbocycles. The molecule has 0 bridgehead atoms. The molecule has 0 aliphatic heterocycles. The van der Waals surface area contributed by atoms with Crippen molar-refractivity contribution in [2.75, 3.05) is 13.1 Å². The summed E-state index contributed by atoms with van der Waals surface area (Å²) in [6.07, 6.45) is 9.19. The number of rotatable bonds is 6. The Hall–Kier alpha value is -1.87. The van der Waals surface area contributed by atoms with Crippen LogP contribution in [-0.2, 0) is 0 Å². The Balaban J connectivity index is 1.92. The third-order valence-electron chi connectivity index (χ3n) is 2.66. The van der Waals surface area contributed by atoms with E-state index in [9.17, 15) is 0 Å². The molecule has 18 heavy (non-hydrogen) atoms. The van der Waals surface area contributed by atoms with E-state index in [4.69, 9.17) is 0 Å². The van der Waals surface area contributed by atoms with E-state index in [2.05, 4.69) is 53.8 Å². The Kier molecular flexibility index (Phi) is 4.73. The average Bonchev–Trinajstić information content (AvgIpc) is 2.93. The monoisotopic (exact) mass is 241 g/mol. The molecule has 0 fully saturated rings. The zero-order valence-corrected chi connectivity index (χ0v) is 10.7. The molecule has 1 aromatic heterocycles. The van der Waals surface area contributed by atoms with E-state index in [1.54, 1.807) is 6.20 Å². The summed E-state index contributed by atoms with van der Waals surface area (Å²) in [6.45, 7) is 4.17. The summed E-state index contributed by atoms with van der Waals surface area (Å²) in [7, 11) is 0. The molecule has 0 amide bonds. The lowest BCUT2D eigenvalue weighted by Gasteiger charge is -2.01. The zero-order valence-electron chi connectivity index (χ0n) is 10.7. The molecule has 0 unspecified atom stereocenters. The molecule has 1 N–H and O–H groups in total. The fourth-order valence-corrected chi connectivity index (χ4v) is 1.72. The highest BCUT2D eigenvalue weighted by atomic mass is 15.3. The molecular weight excluding hydrogens is 222 g/mol. The van der Waals surface area contributed by atoms with Gasteiger partial charge >= 0.3 is 0 Å². The number of nitrogens with one attached hydrogen (secondary N) is 1. The number of nitrogens with zero attached hydrogens (tertiary/aromatic N) is 2. The summed E-state index contributed by atoms with van der Waals surface area (Å²) in [6, 6.07) is 10.3. The minimum absolute atomic E-state index is 0.925. The van der Waals surface area contributed by atoms with Crippen molar-refractivity contribution in [1.82, 2.24) is 15.1 Å². The third-order valence-corrected chi connectivity index (χ3v) is 2.66. The van der Waals surface area contributed by atoms with Crippen LogP contribution in [0.2, 0.25) is 0 Å². The van der Waals surface area contributed by atoms with Crippen LogP contribution in [0.15, 0.2) is 48.8 Å². The summed E-state index contributed by atoms with van der Waals surface area (Å²) < 4.78 is 1.86. The molecule has 0 saturated carbocycles. The first-order valence-electron chi connectivity index (χ1n) is 6.37. The minimum atomic E-state index is 0.925. The van der Waals surface area contributed by atoms with E-state index in [0.717, 1.165) is 18.8 Å². The van der Waals surface area contributed by atoms with E-state index in [1.165, 1.54) is 12.0 Å². The fraction of sp³-hybridized carbons (Fsp3) is 0.267. The number of hydrogen-bond acceptors (Lipinski definition) is 2. The van der Waals surface area contributed by atoms with Gasteiger partial charge in [-0.25, -0.2) is 4.68 Å². The molecule has 0 spiro atoms. The summed E-state index contributed by atoms with van der Waals surface area (Å²) in [4.78, 5) is 0. The Morgan fingerprint density at radius 3 is 2.78 bits per heavy atom. The first-order valence-corrected chi connectivity index (χ1v) is 6.37. The quantitative estimate of drug-likeness (QED) is 0.788. The standard InChI is InChI=1S/C15H19N3/c1-2-10-16-11-3-5-14-6-8-15(9-7-14)18-13-4-12-17-18/h3-9,12-13,16H,2,10-11H2,1H3. The predicted octanol–water partition coefficient (Wildman–Crippen LogP) is 2.89. The summed E-state index contributed by atoms with van der Waals surface area (Å²) in [5.74, 6) is 0. The maximum Gasteiger partial charge on any atom is 0.0645 e. The van der Waals surface area contributed by atoms with Gasteiger partial charge in [-0.3, -0.25) is 0 Å². The van der Waals surface area contributed by atoms with Crippen molar-refractivity contribution in [3.05, 3.63) is 54.4 Å². The van der Waals surface area contributed by atoms with Crippen molar-refractivity contribution in [2.24, 2.45) is 0 Å². The molecular formula is C15H19N3. The van der Waals surface area contributed by atoms with Crippen LogP contribution in [0.1, 0.15) is 18.9 Å². The van der Waals surface area contributed by atoms with Crippen LogP contribution in [0.3, 0.4) is 0 Å². The van der Waals surface area contributed by atoms with Crippen LogP contribution in [0.4, 0.5) is 0 Å². The molecule has 2 rings (SSSR count). The van der Waals surface area contributed by atoms with Crippen molar-refractivity contribution < 1.29 is 0 Å². The van der Waals surface area contributed by atoms with E-state index < -0.39 is 0 Å². The van der Waals surface area contributed by atoms with E-state index in [-0.39, 0.29) is 0 Å². The Bertz CT molecular complexity index is 469. The van der Waals surface area contributed by atoms with Crippen LogP contribution < -0.4 is 5.32 Å². The van der Waals surface area contributed by atoms with Crippen LogP contribution in [-0.4, -0.2) is 22.9 Å². The molecule has 0 saturated heterocycles. The molecule has 3 nitrogen and oxygen atoms in total. The first kappa shape index (κ1) is 12.6. The number of aromatic nitrogens is 2. The lowest BCUT2D eigenvalue weighted by molar-refractivity contribution is 0.730. The van der Waals surface area contributed by atoms with Gasteiger partial charge in [0.1, 0.15) is 0 Å². The highest BCUT2D eigenvalue weighted by molar-refractivity contribution is 5.51. The van der Waals surface area contributed by atoms with Gasteiger partial charge in [0.05, 0.1) is 5.69 Å². The normalized spacial score (nSPS) is 11.2. The maximum atomic E-state index is 4.20. The second-order valence-corrected chi connectivity index (χ2v) is 4.15. The van der Waals surface area contributed by atoms with Gasteiger partial charge < -0.3 is 5.32 Å². The molecule has 1 aromatic carbocycles. The van der Waals surface area contributed by atoms with Crippen LogP contribution in [0, 0.1) is 0 Å². The van der Waals surface area contributed by atoms with Gasteiger partial charge in [0.25, 0.3) is 0 Å². The molecule has 0 aliphatic rings. The lowest BCUT2D eigenvalue weighted by atomic mass is 10.2. The van der Waals surface area contributed by atoms with Crippen molar-refractivity contribution in [1.29, 1.82) is 0 Å². The Morgan fingerprint density at radius 1 is 1.28 bits per heavy atom. The molecule has 1 heterocycles. The lowest BCUT2D eigenvalue weighted by Crippen LogP contribution is -2.13.